The van der Waals surface area contributed by atoms with Crippen molar-refractivity contribution in [3.63, 3.8) is 0 Å². The Bertz CT molecular complexity index is 1470. The topological polar surface area (TPSA) is 75.3 Å². The highest BCUT2D eigenvalue weighted by atomic mass is 32.2. The molecule has 2 aromatic rings. The first-order valence-electron chi connectivity index (χ1n) is 11.3. The van der Waals surface area contributed by atoms with Crippen molar-refractivity contribution in [2.24, 2.45) is 5.41 Å². The quantitative estimate of drug-likeness (QED) is 0.323. The molecule has 2 N–H and O–H groups in total. The number of halogens is 12. The molecule has 232 valence electrons. The Morgan fingerprint density at radius 3 is 1.33 bits per heavy atom. The summed E-state index contributed by atoms with van der Waals surface area (Å²) in [6.45, 7) is 2.80. The first-order valence-corrected chi connectivity index (χ1v) is 12.8. The van der Waals surface area contributed by atoms with Crippen molar-refractivity contribution in [1.82, 2.24) is 0 Å². The normalized spacial score (nSPS) is 17.0. The maximum atomic E-state index is 13.3. The van der Waals surface area contributed by atoms with Crippen molar-refractivity contribution in [3.8, 4) is 0 Å². The van der Waals surface area contributed by atoms with Gasteiger partial charge in [-0.05, 0) is 48.2 Å². The molecule has 3 rings (SSSR count). The van der Waals surface area contributed by atoms with E-state index in [1.807, 2.05) is 0 Å². The molecule has 1 aliphatic carbocycles. The van der Waals surface area contributed by atoms with Crippen LogP contribution < -0.4 is 10.0 Å². The molecule has 0 saturated carbocycles. The number of nitrogens with one attached hydrogen (secondary N) is 2. The highest BCUT2D eigenvalue weighted by molar-refractivity contribution is 7.97. The van der Waals surface area contributed by atoms with Crippen LogP contribution in [0.5, 0.6) is 0 Å². The Morgan fingerprint density at radius 1 is 0.619 bits per heavy atom. The summed E-state index contributed by atoms with van der Waals surface area (Å²) in [6, 6.07) is -0.0617. The molecule has 0 bridgehead atoms. The first kappa shape index (κ1) is 33.1. The van der Waals surface area contributed by atoms with Crippen molar-refractivity contribution < 1.29 is 65.9 Å². The van der Waals surface area contributed by atoms with E-state index in [9.17, 15) is 65.9 Å². The summed E-state index contributed by atoms with van der Waals surface area (Å²) >= 11 is 0. The molecule has 0 amide bonds. The maximum Gasteiger partial charge on any atom is 0.416 e. The van der Waals surface area contributed by atoms with Crippen LogP contribution in [0, 0.1) is 5.41 Å². The molecule has 0 saturated heterocycles. The SMILES string of the molecule is CC1(C)CC(=O)C(S(=O)(=O)Nc2cc(C(F)(F)F)cc(C(F)(F)F)c2)=C(Nc2cc(C(F)(F)F)cc(C(F)(F)F)c2)C1. The van der Waals surface area contributed by atoms with Gasteiger partial charge < -0.3 is 5.32 Å². The molecule has 0 unspecified atom stereocenters. The Balaban J connectivity index is 2.20. The lowest BCUT2D eigenvalue weighted by atomic mass is 9.78. The number of allylic oxidation sites excluding steroid dienone is 2. The fourth-order valence-electron chi connectivity index (χ4n) is 4.14. The van der Waals surface area contributed by atoms with Crippen LogP contribution in [0.1, 0.15) is 48.9 Å². The smallest absolute Gasteiger partial charge is 0.358 e. The highest BCUT2D eigenvalue weighted by Crippen LogP contribution is 2.43. The van der Waals surface area contributed by atoms with Crippen molar-refractivity contribution in [2.75, 3.05) is 10.0 Å². The lowest BCUT2D eigenvalue weighted by molar-refractivity contribution is -0.144. The standard InChI is InChI=1S/C24H18F12N2O3S/c1-20(2)9-17(37-15-5-11(21(25,26)27)3-12(6-15)22(28,29)30)19(18(39)10-20)42(40,41)38-16-7-13(23(31,32)33)4-14(8-16)24(34,35)36/h3-8,37-38H,9-10H2,1-2H3. The van der Waals surface area contributed by atoms with Gasteiger partial charge in [0.15, 0.2) is 5.78 Å². The van der Waals surface area contributed by atoms with Crippen LogP contribution in [-0.2, 0) is 39.5 Å². The minimum Gasteiger partial charge on any atom is -0.358 e. The number of benzene rings is 2. The molecule has 0 radical (unpaired) electrons. The second-order valence-electron chi connectivity index (χ2n) is 10.1. The predicted molar refractivity (Wildman–Crippen MR) is 124 cm³/mol. The number of hydrogen-bond acceptors (Lipinski definition) is 4. The predicted octanol–water partition coefficient (Wildman–Crippen LogP) is 8.22. The van der Waals surface area contributed by atoms with Gasteiger partial charge in [0.25, 0.3) is 10.0 Å². The summed E-state index contributed by atoms with van der Waals surface area (Å²) in [5.74, 6) is -1.26. The number of hydrogen-bond donors (Lipinski definition) is 2. The number of alkyl halides is 12. The Labute approximate surface area is 229 Å². The molecule has 2 aromatic carbocycles. The molecule has 0 spiro atoms. The van der Waals surface area contributed by atoms with Crippen LogP contribution >= 0.6 is 0 Å². The summed E-state index contributed by atoms with van der Waals surface area (Å²) in [6.07, 6.45) is -22.3. The van der Waals surface area contributed by atoms with Crippen molar-refractivity contribution in [3.05, 3.63) is 69.3 Å². The van der Waals surface area contributed by atoms with Crippen LogP contribution in [-0.4, -0.2) is 14.2 Å². The van der Waals surface area contributed by atoms with E-state index < -0.39 is 103 Å². The average molecular weight is 642 g/mol. The van der Waals surface area contributed by atoms with Crippen LogP contribution in [0.25, 0.3) is 0 Å². The van der Waals surface area contributed by atoms with E-state index in [0.29, 0.717) is 0 Å². The molecule has 1 aliphatic rings. The highest BCUT2D eigenvalue weighted by Gasteiger charge is 2.42. The average Bonchev–Trinajstić information content (AvgIpc) is 2.74. The van der Waals surface area contributed by atoms with Gasteiger partial charge in [0, 0.05) is 17.8 Å². The monoisotopic (exact) mass is 642 g/mol. The number of ketones is 1. The molecule has 18 heteroatoms. The molecular weight excluding hydrogens is 624 g/mol. The fraction of sp³-hybridized carbons (Fsp3) is 0.375. The first-order chi connectivity index (χ1) is 18.7. The van der Waals surface area contributed by atoms with Gasteiger partial charge >= 0.3 is 24.7 Å². The van der Waals surface area contributed by atoms with Crippen molar-refractivity contribution in [1.29, 1.82) is 0 Å². The van der Waals surface area contributed by atoms with E-state index in [-0.39, 0.29) is 36.4 Å². The second-order valence-corrected chi connectivity index (χ2v) is 11.7. The maximum absolute atomic E-state index is 13.3. The van der Waals surface area contributed by atoms with Gasteiger partial charge in [-0.1, -0.05) is 13.8 Å². The molecule has 42 heavy (non-hydrogen) atoms. The number of sulfonamides is 1. The van der Waals surface area contributed by atoms with Crippen LogP contribution in [0.4, 0.5) is 64.1 Å². The Kier molecular flexibility index (Phi) is 8.17. The number of rotatable bonds is 5. The van der Waals surface area contributed by atoms with Crippen molar-refractivity contribution in [2.45, 2.75) is 51.4 Å². The zero-order valence-electron chi connectivity index (χ0n) is 21.0. The minimum atomic E-state index is -5.37. The summed E-state index contributed by atoms with van der Waals surface area (Å²) in [4.78, 5) is 11.6. The zero-order valence-corrected chi connectivity index (χ0v) is 21.9. The Morgan fingerprint density at radius 2 is 0.976 bits per heavy atom. The molecule has 0 aliphatic heterocycles. The van der Waals surface area contributed by atoms with Crippen LogP contribution in [0.2, 0.25) is 0 Å². The Hall–Kier alpha value is -3.44. The number of anilines is 2. The fourth-order valence-corrected chi connectivity index (χ4v) is 5.49. The zero-order chi connectivity index (χ0) is 32.3. The van der Waals surface area contributed by atoms with E-state index >= 15 is 0 Å². The van der Waals surface area contributed by atoms with Gasteiger partial charge in [0.05, 0.1) is 27.9 Å². The van der Waals surface area contributed by atoms with E-state index in [4.69, 9.17) is 0 Å². The summed E-state index contributed by atoms with van der Waals surface area (Å²) in [5, 5.41) is 2.08. The lowest BCUT2D eigenvalue weighted by Crippen LogP contribution is -2.34. The number of carbonyl (C=O) groups is 1. The third-order valence-corrected chi connectivity index (χ3v) is 7.33. The van der Waals surface area contributed by atoms with Gasteiger partial charge in [-0.15, -0.1) is 0 Å². The molecule has 0 atom stereocenters. The van der Waals surface area contributed by atoms with Gasteiger partial charge in [-0.25, -0.2) is 8.42 Å². The lowest BCUT2D eigenvalue weighted by Gasteiger charge is -2.32. The van der Waals surface area contributed by atoms with Gasteiger partial charge in [0.2, 0.25) is 0 Å². The van der Waals surface area contributed by atoms with Crippen molar-refractivity contribution >= 4 is 27.2 Å². The van der Waals surface area contributed by atoms with E-state index in [0.717, 1.165) is 0 Å². The second kappa shape index (κ2) is 10.4. The largest absolute Gasteiger partial charge is 0.416 e. The summed E-state index contributed by atoms with van der Waals surface area (Å²) < 4.78 is 187. The third-order valence-electron chi connectivity index (χ3n) is 5.81. The molecular formula is C24H18F12N2O3S. The number of carbonyl (C=O) groups excluding carboxylic acids is 1. The van der Waals surface area contributed by atoms with E-state index in [1.54, 1.807) is 0 Å². The minimum absolute atomic E-state index is 0.0140. The molecule has 5 nitrogen and oxygen atoms in total. The summed E-state index contributed by atoms with van der Waals surface area (Å²) in [5.41, 5.74) is -11.4. The molecule has 0 fully saturated rings. The molecule has 0 aromatic heterocycles. The van der Waals surface area contributed by atoms with Crippen LogP contribution in [0.3, 0.4) is 0 Å². The van der Waals surface area contributed by atoms with Gasteiger partial charge in [0.1, 0.15) is 4.91 Å². The van der Waals surface area contributed by atoms with Gasteiger partial charge in [-0.3, -0.25) is 9.52 Å². The third kappa shape index (κ3) is 7.69. The summed E-state index contributed by atoms with van der Waals surface area (Å²) in [7, 11) is -5.37. The van der Waals surface area contributed by atoms with Crippen LogP contribution in [0.15, 0.2) is 47.0 Å². The molecule has 0 heterocycles. The van der Waals surface area contributed by atoms with Gasteiger partial charge in [-0.2, -0.15) is 52.7 Å². The number of Topliss-reactive ketones (excluding diaryl/α,β-unsaturated/α-hetero) is 1. The van der Waals surface area contributed by atoms with E-state index in [2.05, 4.69) is 5.32 Å². The van der Waals surface area contributed by atoms with E-state index in [1.165, 1.54) is 18.6 Å².